The summed E-state index contributed by atoms with van der Waals surface area (Å²) < 4.78 is 26.4. The zero-order valence-corrected chi connectivity index (χ0v) is 16.3. The second-order valence-corrected chi connectivity index (χ2v) is 8.46. The van der Waals surface area contributed by atoms with Crippen LogP contribution >= 0.6 is 11.3 Å². The number of hydrazone groups is 1. The number of para-hydroxylation sites is 1. The number of rotatable bonds is 6. The van der Waals surface area contributed by atoms with E-state index in [1.165, 1.54) is 18.3 Å². The molecule has 0 unspecified atom stereocenters. The first kappa shape index (κ1) is 18.1. The average molecular weight is 409 g/mol. The molecule has 2 aromatic carbocycles. The molecule has 28 heavy (non-hydrogen) atoms. The zero-order valence-electron chi connectivity index (χ0n) is 14.6. The van der Waals surface area contributed by atoms with Gasteiger partial charge in [0.25, 0.3) is 10.0 Å². The lowest BCUT2D eigenvalue weighted by molar-refractivity contribution is 0.584. The van der Waals surface area contributed by atoms with Crippen molar-refractivity contribution in [2.24, 2.45) is 5.10 Å². The summed E-state index contributed by atoms with van der Waals surface area (Å²) in [7, 11) is -3.71. The summed E-state index contributed by atoms with van der Waals surface area (Å²) in [6, 6.07) is 21.7. The van der Waals surface area contributed by atoms with Crippen molar-refractivity contribution in [1.82, 2.24) is 14.6 Å². The lowest BCUT2D eigenvalue weighted by Crippen LogP contribution is -2.18. The molecule has 0 bridgehead atoms. The smallest absolute Gasteiger partial charge is 0.240 e. The molecule has 8 heteroatoms. The van der Waals surface area contributed by atoms with Gasteiger partial charge in [-0.2, -0.15) is 18.6 Å². The van der Waals surface area contributed by atoms with Crippen LogP contribution in [0.25, 0.3) is 16.3 Å². The number of hydrogen-bond donors (Lipinski definition) is 1. The van der Waals surface area contributed by atoms with E-state index >= 15 is 0 Å². The SMILES string of the molecule is O=S(=O)(NN=Cc1cn(-c2ccccc2)nc1-c1cccs1)c1ccccc1. The number of thiophene rings is 1. The van der Waals surface area contributed by atoms with Gasteiger partial charge in [0, 0.05) is 11.8 Å². The molecule has 0 aliphatic carbocycles. The standard InChI is InChI=1S/C20H16N4O2S2/c25-28(26,18-10-5-2-6-11-18)23-21-14-16-15-24(17-8-3-1-4-9-17)22-20(16)19-12-7-13-27-19/h1-15,23H. The van der Waals surface area contributed by atoms with Crippen molar-refractivity contribution >= 4 is 27.6 Å². The summed E-state index contributed by atoms with van der Waals surface area (Å²) in [5.41, 5.74) is 2.35. The maximum atomic E-state index is 12.3. The van der Waals surface area contributed by atoms with Crippen LogP contribution < -0.4 is 4.83 Å². The Balaban J connectivity index is 1.65. The van der Waals surface area contributed by atoms with Gasteiger partial charge in [0.1, 0.15) is 5.69 Å². The lowest BCUT2D eigenvalue weighted by atomic mass is 10.2. The van der Waals surface area contributed by atoms with E-state index in [0.29, 0.717) is 5.56 Å². The molecule has 6 nitrogen and oxygen atoms in total. The molecule has 0 fully saturated rings. The highest BCUT2D eigenvalue weighted by Gasteiger charge is 2.14. The maximum absolute atomic E-state index is 12.3. The number of nitrogens with zero attached hydrogens (tertiary/aromatic N) is 3. The number of benzene rings is 2. The predicted molar refractivity (Wildman–Crippen MR) is 111 cm³/mol. The molecule has 0 radical (unpaired) electrons. The van der Waals surface area contributed by atoms with Crippen LogP contribution in [0.1, 0.15) is 5.56 Å². The van der Waals surface area contributed by atoms with Crippen molar-refractivity contribution in [2.75, 3.05) is 0 Å². The highest BCUT2D eigenvalue weighted by atomic mass is 32.2. The van der Waals surface area contributed by atoms with Crippen LogP contribution in [-0.2, 0) is 10.0 Å². The summed E-state index contributed by atoms with van der Waals surface area (Å²) >= 11 is 1.56. The average Bonchev–Trinajstić information content (AvgIpc) is 3.39. The summed E-state index contributed by atoms with van der Waals surface area (Å²) in [6.45, 7) is 0. The van der Waals surface area contributed by atoms with Gasteiger partial charge in [-0.3, -0.25) is 0 Å². The quantitative estimate of drug-likeness (QED) is 0.388. The van der Waals surface area contributed by atoms with Crippen LogP contribution in [0.15, 0.2) is 94.4 Å². The minimum absolute atomic E-state index is 0.158. The Kier molecular flexibility index (Phi) is 5.05. The third-order valence-corrected chi connectivity index (χ3v) is 6.06. The first-order valence-corrected chi connectivity index (χ1v) is 10.8. The van der Waals surface area contributed by atoms with Gasteiger partial charge in [-0.05, 0) is 35.7 Å². The van der Waals surface area contributed by atoms with Crippen molar-refractivity contribution in [1.29, 1.82) is 0 Å². The van der Waals surface area contributed by atoms with Crippen molar-refractivity contribution in [3.05, 3.63) is 89.9 Å². The van der Waals surface area contributed by atoms with E-state index in [2.05, 4.69) is 15.0 Å². The maximum Gasteiger partial charge on any atom is 0.276 e. The Hall–Kier alpha value is -3.23. The minimum atomic E-state index is -3.71. The second kappa shape index (κ2) is 7.79. The molecule has 0 saturated heterocycles. The summed E-state index contributed by atoms with van der Waals surface area (Å²) in [6.07, 6.45) is 3.30. The molecule has 1 N–H and O–H groups in total. The number of aromatic nitrogens is 2. The first-order chi connectivity index (χ1) is 13.6. The topological polar surface area (TPSA) is 76.3 Å². The Morgan fingerprint density at radius 2 is 1.68 bits per heavy atom. The third kappa shape index (κ3) is 3.88. The molecular formula is C20H16N4O2S2. The Labute approximate surface area is 166 Å². The van der Waals surface area contributed by atoms with E-state index in [9.17, 15) is 8.42 Å². The first-order valence-electron chi connectivity index (χ1n) is 8.42. The van der Waals surface area contributed by atoms with E-state index in [-0.39, 0.29) is 4.90 Å². The molecule has 140 valence electrons. The third-order valence-electron chi connectivity index (χ3n) is 3.95. The largest absolute Gasteiger partial charge is 0.276 e. The van der Waals surface area contributed by atoms with Gasteiger partial charge >= 0.3 is 0 Å². The van der Waals surface area contributed by atoms with Gasteiger partial charge < -0.3 is 0 Å². The number of hydrogen-bond acceptors (Lipinski definition) is 5. The Morgan fingerprint density at radius 1 is 0.964 bits per heavy atom. The van der Waals surface area contributed by atoms with Crippen LogP contribution in [0.2, 0.25) is 0 Å². The highest BCUT2D eigenvalue weighted by molar-refractivity contribution is 7.89. The van der Waals surface area contributed by atoms with E-state index in [4.69, 9.17) is 0 Å². The molecule has 0 spiro atoms. The predicted octanol–water partition coefficient (Wildman–Crippen LogP) is 3.91. The molecule has 4 aromatic rings. The van der Waals surface area contributed by atoms with Crippen molar-refractivity contribution in [3.8, 4) is 16.3 Å². The fourth-order valence-electron chi connectivity index (χ4n) is 2.62. The van der Waals surface area contributed by atoms with Crippen molar-refractivity contribution in [2.45, 2.75) is 4.90 Å². The van der Waals surface area contributed by atoms with Gasteiger partial charge in [-0.15, -0.1) is 11.3 Å². The van der Waals surface area contributed by atoms with Crippen molar-refractivity contribution < 1.29 is 8.42 Å². The Morgan fingerprint density at radius 3 is 2.36 bits per heavy atom. The highest BCUT2D eigenvalue weighted by Crippen LogP contribution is 2.26. The molecule has 0 amide bonds. The number of sulfonamides is 1. The minimum Gasteiger partial charge on any atom is -0.240 e. The van der Waals surface area contributed by atoms with E-state index in [0.717, 1.165) is 16.3 Å². The van der Waals surface area contributed by atoms with Gasteiger partial charge in [0.05, 0.1) is 21.7 Å². The molecule has 0 aliphatic rings. The second-order valence-electron chi connectivity index (χ2n) is 5.86. The van der Waals surface area contributed by atoms with Crippen LogP contribution in [-0.4, -0.2) is 24.4 Å². The normalized spacial score (nSPS) is 11.7. The van der Waals surface area contributed by atoms with Gasteiger partial charge in [-0.25, -0.2) is 9.51 Å². The van der Waals surface area contributed by atoms with Crippen LogP contribution in [0.5, 0.6) is 0 Å². The van der Waals surface area contributed by atoms with Gasteiger partial charge in [-0.1, -0.05) is 42.5 Å². The van der Waals surface area contributed by atoms with Gasteiger partial charge in [0.15, 0.2) is 0 Å². The van der Waals surface area contributed by atoms with E-state index < -0.39 is 10.0 Å². The molecule has 0 aliphatic heterocycles. The van der Waals surface area contributed by atoms with Gasteiger partial charge in [0.2, 0.25) is 0 Å². The Bertz CT molecular complexity index is 1180. The van der Waals surface area contributed by atoms with E-state index in [1.54, 1.807) is 34.2 Å². The molecule has 0 atom stereocenters. The zero-order chi connectivity index (χ0) is 19.4. The molecule has 4 rings (SSSR count). The fourth-order valence-corrected chi connectivity index (χ4v) is 4.16. The fraction of sp³-hybridized carbons (Fsp3) is 0. The monoisotopic (exact) mass is 408 g/mol. The lowest BCUT2D eigenvalue weighted by Gasteiger charge is -2.02. The summed E-state index contributed by atoms with van der Waals surface area (Å²) in [5.74, 6) is 0. The summed E-state index contributed by atoms with van der Waals surface area (Å²) in [4.78, 5) is 3.39. The number of nitrogens with one attached hydrogen (secondary N) is 1. The van der Waals surface area contributed by atoms with Crippen LogP contribution in [0, 0.1) is 0 Å². The molecule has 0 saturated carbocycles. The molecule has 2 aromatic heterocycles. The van der Waals surface area contributed by atoms with Crippen molar-refractivity contribution in [3.63, 3.8) is 0 Å². The molecule has 2 heterocycles. The van der Waals surface area contributed by atoms with Crippen LogP contribution in [0.4, 0.5) is 0 Å². The van der Waals surface area contributed by atoms with E-state index in [1.807, 2.05) is 54.0 Å². The molecular weight excluding hydrogens is 392 g/mol. The van der Waals surface area contributed by atoms with Crippen LogP contribution in [0.3, 0.4) is 0 Å². The summed E-state index contributed by atoms with van der Waals surface area (Å²) in [5, 5.41) is 10.6.